The second-order valence-corrected chi connectivity index (χ2v) is 4.35. The molecule has 0 aliphatic carbocycles. The van der Waals surface area contributed by atoms with Gasteiger partial charge in [-0.25, -0.2) is 0 Å². The van der Waals surface area contributed by atoms with Crippen LogP contribution in [0.4, 0.5) is 0 Å². The van der Waals surface area contributed by atoms with Crippen LogP contribution in [0.3, 0.4) is 0 Å². The molecule has 2 heterocycles. The summed E-state index contributed by atoms with van der Waals surface area (Å²) in [4.78, 5) is 0. The van der Waals surface area contributed by atoms with Crippen LogP contribution in [0.15, 0.2) is 18.2 Å². The molecule has 1 atom stereocenters. The van der Waals surface area contributed by atoms with Gasteiger partial charge >= 0.3 is 0 Å². The molecule has 1 fully saturated rings. The molecule has 1 aromatic carbocycles. The fourth-order valence-corrected chi connectivity index (χ4v) is 2.35. The molecular weight excluding hydrogens is 190 g/mol. The minimum absolute atomic E-state index is 0.0976. The lowest BCUT2D eigenvalue weighted by Crippen LogP contribution is -2.52. The molecule has 0 amide bonds. The van der Waals surface area contributed by atoms with E-state index in [1.807, 2.05) is 0 Å². The quantitative estimate of drug-likeness (QED) is 0.690. The molecule has 0 saturated carbocycles. The fourth-order valence-electron chi connectivity index (χ4n) is 2.35. The summed E-state index contributed by atoms with van der Waals surface area (Å²) in [6.45, 7) is 5.20. The molecule has 3 heteroatoms. The van der Waals surface area contributed by atoms with Gasteiger partial charge in [-0.3, -0.25) is 0 Å². The van der Waals surface area contributed by atoms with E-state index in [1.165, 1.54) is 11.1 Å². The number of morpholine rings is 1. The number of benzene rings is 1. The third-order valence-corrected chi connectivity index (χ3v) is 3.18. The summed E-state index contributed by atoms with van der Waals surface area (Å²) in [7, 11) is 0. The Labute approximate surface area is 89.4 Å². The zero-order valence-electron chi connectivity index (χ0n) is 8.88. The molecule has 80 valence electrons. The van der Waals surface area contributed by atoms with Crippen molar-refractivity contribution in [2.24, 2.45) is 0 Å². The van der Waals surface area contributed by atoms with E-state index < -0.39 is 0 Å². The molecule has 2 aliphatic rings. The summed E-state index contributed by atoms with van der Waals surface area (Å²) in [5.41, 5.74) is 2.42. The first kappa shape index (κ1) is 9.19. The largest absolute Gasteiger partial charge is 0.491 e. The third-order valence-electron chi connectivity index (χ3n) is 3.18. The van der Waals surface area contributed by atoms with Gasteiger partial charge in [0, 0.05) is 12.1 Å². The second kappa shape index (κ2) is 3.22. The van der Waals surface area contributed by atoms with Gasteiger partial charge in [-0.15, -0.1) is 0 Å². The van der Waals surface area contributed by atoms with Gasteiger partial charge in [0.25, 0.3) is 0 Å². The molecule has 1 aromatic rings. The van der Waals surface area contributed by atoms with Crippen LogP contribution in [-0.2, 0) is 10.3 Å². The standard InChI is InChI=1S/C12H15NO2/c1-9-2-3-11-10(6-9)12(8-15-11)7-14-5-4-13-12/h2-3,6,13H,4-5,7-8H2,1H3/t12-/m0/s1. The van der Waals surface area contributed by atoms with Gasteiger partial charge in [0.1, 0.15) is 17.9 Å². The topological polar surface area (TPSA) is 30.5 Å². The van der Waals surface area contributed by atoms with E-state index in [4.69, 9.17) is 9.47 Å². The molecule has 0 bridgehead atoms. The van der Waals surface area contributed by atoms with Crippen LogP contribution in [0.25, 0.3) is 0 Å². The van der Waals surface area contributed by atoms with Crippen molar-refractivity contribution in [2.75, 3.05) is 26.4 Å². The van der Waals surface area contributed by atoms with Crippen LogP contribution in [0.1, 0.15) is 11.1 Å². The Morgan fingerprint density at radius 2 is 2.27 bits per heavy atom. The number of ether oxygens (including phenoxy) is 2. The number of nitrogens with one attached hydrogen (secondary N) is 1. The monoisotopic (exact) mass is 205 g/mol. The van der Waals surface area contributed by atoms with Crippen LogP contribution in [0.5, 0.6) is 5.75 Å². The molecule has 2 aliphatic heterocycles. The van der Waals surface area contributed by atoms with Crippen molar-refractivity contribution in [2.45, 2.75) is 12.5 Å². The first-order valence-corrected chi connectivity index (χ1v) is 5.37. The highest BCUT2D eigenvalue weighted by Crippen LogP contribution is 2.38. The Bertz CT molecular complexity index is 378. The maximum atomic E-state index is 5.70. The normalized spacial score (nSPS) is 28.9. The van der Waals surface area contributed by atoms with E-state index >= 15 is 0 Å². The predicted octanol–water partition coefficient (Wildman–Crippen LogP) is 1.20. The highest BCUT2D eigenvalue weighted by Gasteiger charge is 2.42. The van der Waals surface area contributed by atoms with Crippen molar-refractivity contribution in [1.29, 1.82) is 0 Å². The van der Waals surface area contributed by atoms with Gasteiger partial charge in [0.2, 0.25) is 0 Å². The predicted molar refractivity (Wildman–Crippen MR) is 57.2 cm³/mol. The summed E-state index contributed by atoms with van der Waals surface area (Å²) >= 11 is 0. The van der Waals surface area contributed by atoms with Gasteiger partial charge < -0.3 is 14.8 Å². The van der Waals surface area contributed by atoms with Crippen LogP contribution in [0.2, 0.25) is 0 Å². The first-order chi connectivity index (χ1) is 7.30. The second-order valence-electron chi connectivity index (χ2n) is 4.35. The Morgan fingerprint density at radius 1 is 1.33 bits per heavy atom. The Morgan fingerprint density at radius 3 is 3.07 bits per heavy atom. The first-order valence-electron chi connectivity index (χ1n) is 5.37. The smallest absolute Gasteiger partial charge is 0.124 e. The highest BCUT2D eigenvalue weighted by molar-refractivity contribution is 5.45. The fraction of sp³-hybridized carbons (Fsp3) is 0.500. The van der Waals surface area contributed by atoms with Gasteiger partial charge in [-0.1, -0.05) is 17.7 Å². The Balaban J connectivity index is 2.05. The lowest BCUT2D eigenvalue weighted by atomic mass is 9.91. The lowest BCUT2D eigenvalue weighted by molar-refractivity contribution is 0.0160. The maximum Gasteiger partial charge on any atom is 0.124 e. The summed E-state index contributed by atoms with van der Waals surface area (Å²) in [5, 5.41) is 3.53. The zero-order valence-corrected chi connectivity index (χ0v) is 8.88. The summed E-state index contributed by atoms with van der Waals surface area (Å²) in [5.74, 6) is 0.999. The number of aryl methyl sites for hydroxylation is 1. The minimum atomic E-state index is -0.0976. The van der Waals surface area contributed by atoms with Gasteiger partial charge in [0.15, 0.2) is 0 Å². The molecule has 15 heavy (non-hydrogen) atoms. The maximum absolute atomic E-state index is 5.70. The van der Waals surface area contributed by atoms with Crippen molar-refractivity contribution in [1.82, 2.24) is 5.32 Å². The summed E-state index contributed by atoms with van der Waals surface area (Å²) in [6.07, 6.45) is 0. The number of hydrogen-bond acceptors (Lipinski definition) is 3. The SMILES string of the molecule is Cc1ccc2c(c1)[C@]1(COCCN1)CO2. The lowest BCUT2D eigenvalue weighted by Gasteiger charge is -2.33. The molecule has 3 rings (SSSR count). The highest BCUT2D eigenvalue weighted by atomic mass is 16.5. The molecule has 3 nitrogen and oxygen atoms in total. The van der Waals surface area contributed by atoms with Crippen LogP contribution >= 0.6 is 0 Å². The molecule has 0 aromatic heterocycles. The Hall–Kier alpha value is -1.06. The van der Waals surface area contributed by atoms with Crippen molar-refractivity contribution in [3.63, 3.8) is 0 Å². The third kappa shape index (κ3) is 1.34. The van der Waals surface area contributed by atoms with E-state index in [0.29, 0.717) is 13.2 Å². The van der Waals surface area contributed by atoms with E-state index in [9.17, 15) is 0 Å². The number of fused-ring (bicyclic) bond motifs is 2. The van der Waals surface area contributed by atoms with Crippen molar-refractivity contribution in [3.05, 3.63) is 29.3 Å². The average molecular weight is 205 g/mol. The van der Waals surface area contributed by atoms with E-state index in [1.54, 1.807) is 0 Å². The van der Waals surface area contributed by atoms with E-state index in [0.717, 1.165) is 18.9 Å². The zero-order chi connectivity index (χ0) is 10.3. The molecule has 1 N–H and O–H groups in total. The van der Waals surface area contributed by atoms with Crippen LogP contribution in [0, 0.1) is 6.92 Å². The number of hydrogen-bond donors (Lipinski definition) is 1. The molecule has 1 spiro atoms. The molecule has 1 saturated heterocycles. The van der Waals surface area contributed by atoms with E-state index in [-0.39, 0.29) is 5.54 Å². The number of rotatable bonds is 0. The van der Waals surface area contributed by atoms with Crippen LogP contribution < -0.4 is 10.1 Å². The van der Waals surface area contributed by atoms with Gasteiger partial charge in [0.05, 0.1) is 13.2 Å². The van der Waals surface area contributed by atoms with Crippen molar-refractivity contribution in [3.8, 4) is 5.75 Å². The molecule has 0 radical (unpaired) electrons. The average Bonchev–Trinajstić information content (AvgIpc) is 2.59. The summed E-state index contributed by atoms with van der Waals surface area (Å²) in [6, 6.07) is 6.33. The van der Waals surface area contributed by atoms with Crippen molar-refractivity contribution < 1.29 is 9.47 Å². The molecular formula is C12H15NO2. The Kier molecular flexibility index (Phi) is 1.97. The molecule has 0 unspecified atom stereocenters. The van der Waals surface area contributed by atoms with Crippen molar-refractivity contribution >= 4 is 0 Å². The summed E-state index contributed by atoms with van der Waals surface area (Å²) < 4.78 is 11.3. The minimum Gasteiger partial charge on any atom is -0.491 e. The van der Waals surface area contributed by atoms with Gasteiger partial charge in [-0.2, -0.15) is 0 Å². The van der Waals surface area contributed by atoms with Crippen LogP contribution in [-0.4, -0.2) is 26.4 Å². The van der Waals surface area contributed by atoms with Gasteiger partial charge in [-0.05, 0) is 13.0 Å². The van der Waals surface area contributed by atoms with E-state index in [2.05, 4.69) is 30.4 Å².